The summed E-state index contributed by atoms with van der Waals surface area (Å²) in [5, 5.41) is 0. The molecule has 0 aromatic rings. The fourth-order valence-corrected chi connectivity index (χ4v) is 2.44. The van der Waals surface area contributed by atoms with Crippen LogP contribution in [0.3, 0.4) is 0 Å². The Labute approximate surface area is 99.5 Å². The Morgan fingerprint density at radius 3 is 1.53 bits per heavy atom. The van der Waals surface area contributed by atoms with Gasteiger partial charge < -0.3 is 11.4 Å². The van der Waals surface area contributed by atoms with Crippen molar-refractivity contribution in [3.63, 3.8) is 0 Å². The summed E-state index contributed by atoms with van der Waals surface area (Å²) >= 11 is -1.81. The highest BCUT2D eigenvalue weighted by molar-refractivity contribution is 6.36. The standard InChI is InChI=1S/2C4H9O.C3H7O.Al/c2*1-2-3-4-5;1-2-3-4;/h2*2-4H2,1H3;2-3H2,1H3;/q3*-1;+3. The van der Waals surface area contributed by atoms with Crippen LogP contribution in [0.5, 0.6) is 0 Å². The van der Waals surface area contributed by atoms with Crippen LogP contribution < -0.4 is 0 Å². The molecule has 0 atom stereocenters. The lowest BCUT2D eigenvalue weighted by Gasteiger charge is -2.12. The fraction of sp³-hybridized carbons (Fsp3) is 1.00. The van der Waals surface area contributed by atoms with E-state index in [2.05, 4.69) is 20.8 Å². The van der Waals surface area contributed by atoms with E-state index in [0.717, 1.165) is 51.9 Å². The van der Waals surface area contributed by atoms with Crippen molar-refractivity contribution in [2.24, 2.45) is 0 Å². The minimum Gasteiger partial charge on any atom is -0.454 e. The van der Waals surface area contributed by atoms with Crippen LogP contribution in [0.25, 0.3) is 0 Å². The minimum absolute atomic E-state index is 0.759. The van der Waals surface area contributed by atoms with Gasteiger partial charge in [-0.2, -0.15) is 0 Å². The molecule has 0 saturated carbocycles. The minimum atomic E-state index is -1.81. The molecule has 0 spiro atoms. The van der Waals surface area contributed by atoms with Crippen molar-refractivity contribution in [1.29, 1.82) is 0 Å². The molecule has 0 amide bonds. The molecule has 0 saturated heterocycles. The van der Waals surface area contributed by atoms with Gasteiger partial charge in [0.2, 0.25) is 0 Å². The molecule has 0 fully saturated rings. The summed E-state index contributed by atoms with van der Waals surface area (Å²) in [6.07, 6.45) is 5.53. The summed E-state index contributed by atoms with van der Waals surface area (Å²) in [5.74, 6) is 0. The van der Waals surface area contributed by atoms with E-state index in [4.69, 9.17) is 11.4 Å². The maximum atomic E-state index is 5.63. The second-order valence-corrected chi connectivity index (χ2v) is 5.19. The number of unbranched alkanes of at least 4 members (excludes halogenated alkanes) is 2. The van der Waals surface area contributed by atoms with Gasteiger partial charge in [-0.15, -0.1) is 0 Å². The fourth-order valence-electron chi connectivity index (χ4n) is 1.01. The molecule has 3 nitrogen and oxygen atoms in total. The third kappa shape index (κ3) is 10.7. The number of hydrogen-bond acceptors (Lipinski definition) is 3. The zero-order chi connectivity index (χ0) is 11.4. The predicted octanol–water partition coefficient (Wildman–Crippen LogP) is 3.03. The van der Waals surface area contributed by atoms with E-state index in [1.54, 1.807) is 0 Å². The Bertz CT molecular complexity index is 112. The first-order valence-electron chi connectivity index (χ1n) is 6.19. The van der Waals surface area contributed by atoms with E-state index in [9.17, 15) is 0 Å². The van der Waals surface area contributed by atoms with Gasteiger partial charge in [0.25, 0.3) is 0 Å². The molecule has 0 aromatic carbocycles. The van der Waals surface area contributed by atoms with Crippen LogP contribution in [0.2, 0.25) is 0 Å². The van der Waals surface area contributed by atoms with Crippen LogP contribution in [0.15, 0.2) is 0 Å². The van der Waals surface area contributed by atoms with E-state index in [1.165, 1.54) is 0 Å². The molecule has 0 N–H and O–H groups in total. The molecule has 4 heteroatoms. The van der Waals surface area contributed by atoms with Gasteiger partial charge in [0.1, 0.15) is 0 Å². The molecule has 0 aromatic heterocycles. The molecule has 0 aliphatic heterocycles. The highest BCUT2D eigenvalue weighted by atomic mass is 27.3. The highest BCUT2D eigenvalue weighted by Gasteiger charge is 2.30. The number of hydrogen-bond donors (Lipinski definition) is 0. The summed E-state index contributed by atoms with van der Waals surface area (Å²) in [4.78, 5) is 0. The third-order valence-electron chi connectivity index (χ3n) is 1.96. The van der Waals surface area contributed by atoms with Crippen LogP contribution >= 0.6 is 0 Å². The van der Waals surface area contributed by atoms with Crippen molar-refractivity contribution in [2.45, 2.75) is 52.9 Å². The summed E-state index contributed by atoms with van der Waals surface area (Å²) in [7, 11) is 0. The van der Waals surface area contributed by atoms with Crippen molar-refractivity contribution in [3.05, 3.63) is 0 Å². The second-order valence-electron chi connectivity index (χ2n) is 3.61. The third-order valence-corrected chi connectivity index (χ3v) is 3.49. The lowest BCUT2D eigenvalue weighted by molar-refractivity contribution is 0.0910. The van der Waals surface area contributed by atoms with Gasteiger partial charge in [0, 0.05) is 19.8 Å². The van der Waals surface area contributed by atoms with E-state index in [0.29, 0.717) is 0 Å². The van der Waals surface area contributed by atoms with Gasteiger partial charge in [-0.3, -0.25) is 0 Å². The molecular weight excluding hydrogens is 207 g/mol. The van der Waals surface area contributed by atoms with E-state index >= 15 is 0 Å². The summed E-state index contributed by atoms with van der Waals surface area (Å²) < 4.78 is 16.8. The van der Waals surface area contributed by atoms with E-state index in [-0.39, 0.29) is 0 Å². The zero-order valence-electron chi connectivity index (χ0n) is 10.5. The Kier molecular flexibility index (Phi) is 12.8. The monoisotopic (exact) mass is 232 g/mol. The van der Waals surface area contributed by atoms with Crippen LogP contribution in [0.1, 0.15) is 52.9 Å². The maximum absolute atomic E-state index is 5.63. The van der Waals surface area contributed by atoms with E-state index < -0.39 is 15.1 Å². The zero-order valence-corrected chi connectivity index (χ0v) is 11.6. The molecule has 15 heavy (non-hydrogen) atoms. The lowest BCUT2D eigenvalue weighted by Crippen LogP contribution is -2.28. The van der Waals surface area contributed by atoms with Gasteiger partial charge in [0.15, 0.2) is 0 Å². The first-order chi connectivity index (χ1) is 7.35. The summed E-state index contributed by atoms with van der Waals surface area (Å²) in [6, 6.07) is 0. The van der Waals surface area contributed by atoms with E-state index in [1.807, 2.05) is 0 Å². The van der Waals surface area contributed by atoms with Crippen molar-refractivity contribution in [3.8, 4) is 0 Å². The van der Waals surface area contributed by atoms with Crippen LogP contribution in [-0.2, 0) is 11.4 Å². The van der Waals surface area contributed by atoms with Crippen LogP contribution in [0, 0.1) is 0 Å². The molecule has 0 unspecified atom stereocenters. The smallest absolute Gasteiger partial charge is 0.454 e. The van der Waals surface area contributed by atoms with Crippen LogP contribution in [0.4, 0.5) is 0 Å². The number of rotatable bonds is 11. The quantitative estimate of drug-likeness (QED) is 0.405. The molecule has 0 bridgehead atoms. The topological polar surface area (TPSA) is 27.7 Å². The summed E-state index contributed by atoms with van der Waals surface area (Å²) in [5.41, 5.74) is 0. The molecule has 90 valence electrons. The molecule has 0 heterocycles. The van der Waals surface area contributed by atoms with Crippen molar-refractivity contribution in [1.82, 2.24) is 0 Å². The Balaban J connectivity index is 3.53. The van der Waals surface area contributed by atoms with Crippen molar-refractivity contribution >= 4 is 15.1 Å². The normalized spacial score (nSPS) is 10.6. The average molecular weight is 232 g/mol. The molecule has 0 rings (SSSR count). The van der Waals surface area contributed by atoms with Gasteiger partial charge >= 0.3 is 15.1 Å². The molecule has 0 aliphatic carbocycles. The van der Waals surface area contributed by atoms with Gasteiger partial charge in [-0.05, 0) is 19.3 Å². The molecule has 0 radical (unpaired) electrons. The lowest BCUT2D eigenvalue weighted by atomic mass is 10.4. The van der Waals surface area contributed by atoms with Gasteiger partial charge in [-0.25, -0.2) is 0 Å². The maximum Gasteiger partial charge on any atom is 0.905 e. The van der Waals surface area contributed by atoms with Crippen LogP contribution in [-0.4, -0.2) is 35.0 Å². The second kappa shape index (κ2) is 12.5. The highest BCUT2D eigenvalue weighted by Crippen LogP contribution is 1.99. The first kappa shape index (κ1) is 15.4. The Morgan fingerprint density at radius 2 is 1.13 bits per heavy atom. The summed E-state index contributed by atoms with van der Waals surface area (Å²) in [6.45, 7) is 8.74. The average Bonchev–Trinajstić information content (AvgIpc) is 2.25. The van der Waals surface area contributed by atoms with Crippen molar-refractivity contribution in [2.75, 3.05) is 19.8 Å². The Morgan fingerprint density at radius 1 is 0.667 bits per heavy atom. The molecular formula is C11H25AlO3. The first-order valence-corrected chi connectivity index (χ1v) is 7.61. The largest absolute Gasteiger partial charge is 0.905 e. The van der Waals surface area contributed by atoms with Crippen molar-refractivity contribution < 1.29 is 11.4 Å². The molecule has 0 aliphatic rings. The van der Waals surface area contributed by atoms with Gasteiger partial charge in [0.05, 0.1) is 0 Å². The predicted molar refractivity (Wildman–Crippen MR) is 63.7 cm³/mol. The Hall–Kier alpha value is 0.412. The van der Waals surface area contributed by atoms with Gasteiger partial charge in [-0.1, -0.05) is 33.6 Å². The SMILES string of the molecule is CCCC[O][Al]([O]CCC)[O]CCCC.